The maximum absolute atomic E-state index is 12.4. The molecule has 120 valence electrons. The molecule has 1 aromatic carbocycles. The Hall–Kier alpha value is -0.0400. The molecule has 0 unspecified atom stereocenters. The Bertz CT molecular complexity index is 581. The Balaban J connectivity index is 0.00000220. The van der Waals surface area contributed by atoms with E-state index in [0.29, 0.717) is 17.6 Å². The van der Waals surface area contributed by atoms with Crippen molar-refractivity contribution in [2.75, 3.05) is 31.9 Å². The summed E-state index contributed by atoms with van der Waals surface area (Å²) in [5, 5.41) is 3.88. The van der Waals surface area contributed by atoms with Crippen LogP contribution >= 0.6 is 35.6 Å². The van der Waals surface area contributed by atoms with E-state index in [-0.39, 0.29) is 28.1 Å². The van der Waals surface area contributed by atoms with Gasteiger partial charge in [-0.3, -0.25) is 4.90 Å². The lowest BCUT2D eigenvalue weighted by Gasteiger charge is -2.33. The summed E-state index contributed by atoms with van der Waals surface area (Å²) >= 11 is 11.8. The Morgan fingerprint density at radius 1 is 1.38 bits per heavy atom. The minimum absolute atomic E-state index is 0. The molecule has 1 N–H and O–H groups in total. The van der Waals surface area contributed by atoms with E-state index in [1.165, 1.54) is 12.1 Å². The van der Waals surface area contributed by atoms with E-state index in [2.05, 4.69) is 17.1 Å². The first kappa shape index (κ1) is 19.0. The van der Waals surface area contributed by atoms with Crippen LogP contribution in [0.3, 0.4) is 0 Å². The lowest BCUT2D eigenvalue weighted by atomic mass is 10.2. The summed E-state index contributed by atoms with van der Waals surface area (Å²) in [6, 6.07) is 4.86. The molecule has 1 saturated heterocycles. The maximum Gasteiger partial charge on any atom is 0.181 e. The van der Waals surface area contributed by atoms with Crippen molar-refractivity contribution < 1.29 is 8.42 Å². The van der Waals surface area contributed by atoms with Gasteiger partial charge >= 0.3 is 0 Å². The zero-order chi connectivity index (χ0) is 14.8. The molecular formula is C13H19Cl3N2O2S. The highest BCUT2D eigenvalue weighted by molar-refractivity contribution is 7.91. The van der Waals surface area contributed by atoms with Crippen molar-refractivity contribution in [3.8, 4) is 0 Å². The van der Waals surface area contributed by atoms with Crippen molar-refractivity contribution in [3.05, 3.63) is 28.2 Å². The van der Waals surface area contributed by atoms with E-state index in [4.69, 9.17) is 23.2 Å². The largest absolute Gasteiger partial charge is 0.314 e. The van der Waals surface area contributed by atoms with Crippen LogP contribution in [0, 0.1) is 0 Å². The fourth-order valence-electron chi connectivity index (χ4n) is 2.28. The maximum atomic E-state index is 12.4. The predicted molar refractivity (Wildman–Crippen MR) is 89.7 cm³/mol. The van der Waals surface area contributed by atoms with Gasteiger partial charge in [0, 0.05) is 37.2 Å². The molecule has 21 heavy (non-hydrogen) atoms. The molecule has 1 aliphatic heterocycles. The van der Waals surface area contributed by atoms with Crippen molar-refractivity contribution in [2.45, 2.75) is 17.9 Å². The Kier molecular flexibility index (Phi) is 7.24. The predicted octanol–water partition coefficient (Wildman–Crippen LogP) is 2.48. The average Bonchev–Trinajstić information content (AvgIpc) is 2.40. The second kappa shape index (κ2) is 7.99. The van der Waals surface area contributed by atoms with Crippen LogP contribution in [-0.2, 0) is 9.84 Å². The first-order valence-electron chi connectivity index (χ1n) is 6.53. The Morgan fingerprint density at radius 3 is 2.76 bits per heavy atom. The molecule has 2 rings (SSSR count). The van der Waals surface area contributed by atoms with Gasteiger partial charge in [0.25, 0.3) is 0 Å². The Labute approximate surface area is 142 Å². The molecule has 0 bridgehead atoms. The van der Waals surface area contributed by atoms with Gasteiger partial charge in [-0.15, -0.1) is 12.4 Å². The molecule has 0 radical (unpaired) electrons. The van der Waals surface area contributed by atoms with E-state index in [9.17, 15) is 8.42 Å². The van der Waals surface area contributed by atoms with Crippen LogP contribution in [0.15, 0.2) is 23.1 Å². The van der Waals surface area contributed by atoms with E-state index >= 15 is 0 Å². The fourth-order valence-corrected chi connectivity index (χ4v) is 4.35. The van der Waals surface area contributed by atoms with Crippen molar-refractivity contribution in [3.63, 3.8) is 0 Å². The van der Waals surface area contributed by atoms with E-state index in [1.807, 2.05) is 0 Å². The summed E-state index contributed by atoms with van der Waals surface area (Å²) in [5.41, 5.74) is 0. The number of piperazine rings is 1. The number of nitrogens with one attached hydrogen (secondary N) is 1. The molecule has 0 aliphatic carbocycles. The van der Waals surface area contributed by atoms with Crippen LogP contribution in [0.25, 0.3) is 0 Å². The summed E-state index contributed by atoms with van der Waals surface area (Å²) in [6.07, 6.45) is 0. The van der Waals surface area contributed by atoms with E-state index in [1.54, 1.807) is 6.07 Å². The summed E-state index contributed by atoms with van der Waals surface area (Å²) < 4.78 is 24.7. The highest BCUT2D eigenvalue weighted by Gasteiger charge is 2.23. The molecular weight excluding hydrogens is 355 g/mol. The van der Waals surface area contributed by atoms with Gasteiger partial charge in [-0.1, -0.05) is 23.2 Å². The summed E-state index contributed by atoms with van der Waals surface area (Å²) in [5.74, 6) is 0.0530. The number of sulfone groups is 1. The van der Waals surface area contributed by atoms with Gasteiger partial charge in [-0.05, 0) is 25.1 Å². The van der Waals surface area contributed by atoms with Gasteiger partial charge in [-0.2, -0.15) is 0 Å². The molecule has 4 nitrogen and oxygen atoms in total. The number of hydrogen-bond donors (Lipinski definition) is 1. The van der Waals surface area contributed by atoms with Crippen molar-refractivity contribution >= 4 is 45.4 Å². The molecule has 1 heterocycles. The van der Waals surface area contributed by atoms with Crippen LogP contribution in [0.4, 0.5) is 0 Å². The Morgan fingerprint density at radius 2 is 2.10 bits per heavy atom. The molecule has 0 amide bonds. The third kappa shape index (κ3) is 4.98. The first-order valence-corrected chi connectivity index (χ1v) is 8.93. The molecule has 0 aromatic heterocycles. The van der Waals surface area contributed by atoms with Crippen LogP contribution < -0.4 is 5.32 Å². The van der Waals surface area contributed by atoms with Crippen LogP contribution in [-0.4, -0.2) is 51.3 Å². The van der Waals surface area contributed by atoms with Gasteiger partial charge in [-0.25, -0.2) is 8.42 Å². The number of nitrogens with zero attached hydrogens (tertiary/aromatic N) is 1. The molecule has 1 aliphatic rings. The summed E-state index contributed by atoms with van der Waals surface area (Å²) in [6.45, 7) is 5.24. The average molecular weight is 374 g/mol. The molecule has 1 atom stereocenters. The van der Waals surface area contributed by atoms with E-state index < -0.39 is 9.84 Å². The summed E-state index contributed by atoms with van der Waals surface area (Å²) in [4.78, 5) is 2.29. The molecule has 8 heteroatoms. The normalized spacial score (nSPS) is 20.0. The van der Waals surface area contributed by atoms with Crippen LogP contribution in [0.1, 0.15) is 6.92 Å². The number of benzene rings is 1. The zero-order valence-corrected chi connectivity index (χ0v) is 14.8. The minimum Gasteiger partial charge on any atom is -0.314 e. The van der Waals surface area contributed by atoms with Crippen LogP contribution in [0.2, 0.25) is 10.0 Å². The quantitative estimate of drug-likeness (QED) is 0.881. The van der Waals surface area contributed by atoms with Crippen molar-refractivity contribution in [2.24, 2.45) is 0 Å². The zero-order valence-electron chi connectivity index (χ0n) is 11.7. The second-order valence-electron chi connectivity index (χ2n) is 4.98. The fraction of sp³-hybridized carbons (Fsp3) is 0.538. The number of hydrogen-bond acceptors (Lipinski definition) is 4. The highest BCUT2D eigenvalue weighted by Crippen LogP contribution is 2.26. The second-order valence-corrected chi connectivity index (χ2v) is 7.90. The third-order valence-corrected chi connectivity index (χ3v) is 5.92. The molecule has 1 aromatic rings. The standard InChI is InChI=1S/C13H18Cl2N2O2S.ClH/c1-10-9-16-4-5-17(10)6-7-20(18,19)13-8-11(14)2-3-12(13)15;/h2-3,8,10,16H,4-7,9H2,1H3;1H/t10-;/m1./s1. The van der Waals surface area contributed by atoms with Gasteiger partial charge in [0.1, 0.15) is 0 Å². The van der Waals surface area contributed by atoms with E-state index in [0.717, 1.165) is 19.6 Å². The van der Waals surface area contributed by atoms with Gasteiger partial charge in [0.05, 0.1) is 15.7 Å². The molecule has 1 fully saturated rings. The smallest absolute Gasteiger partial charge is 0.181 e. The monoisotopic (exact) mass is 372 g/mol. The van der Waals surface area contributed by atoms with Gasteiger partial charge < -0.3 is 5.32 Å². The topological polar surface area (TPSA) is 49.4 Å². The van der Waals surface area contributed by atoms with Crippen LogP contribution in [0.5, 0.6) is 0 Å². The minimum atomic E-state index is -3.41. The third-order valence-electron chi connectivity index (χ3n) is 3.51. The van der Waals surface area contributed by atoms with Crippen molar-refractivity contribution in [1.29, 1.82) is 0 Å². The molecule has 0 saturated carbocycles. The summed E-state index contributed by atoms with van der Waals surface area (Å²) in [7, 11) is -3.41. The lowest BCUT2D eigenvalue weighted by Crippen LogP contribution is -2.50. The number of halogens is 3. The lowest BCUT2D eigenvalue weighted by molar-refractivity contribution is 0.184. The SMILES string of the molecule is C[C@@H]1CNCCN1CCS(=O)(=O)c1cc(Cl)ccc1Cl.Cl. The first-order chi connectivity index (χ1) is 9.40. The van der Waals surface area contributed by atoms with Crippen molar-refractivity contribution in [1.82, 2.24) is 10.2 Å². The van der Waals surface area contributed by atoms with Gasteiger partial charge in [0.2, 0.25) is 0 Å². The van der Waals surface area contributed by atoms with Gasteiger partial charge in [0.15, 0.2) is 9.84 Å². The highest BCUT2D eigenvalue weighted by atomic mass is 35.5. The molecule has 0 spiro atoms. The number of rotatable bonds is 4.